The zero-order chi connectivity index (χ0) is 17.2. The fourth-order valence-corrected chi connectivity index (χ4v) is 3.88. The van der Waals surface area contributed by atoms with Crippen LogP contribution in [0.5, 0.6) is 0 Å². The van der Waals surface area contributed by atoms with E-state index in [0.29, 0.717) is 38.9 Å². The Balaban J connectivity index is 1.70. The molecule has 1 aromatic carbocycles. The molecule has 3 rings (SSSR count). The fraction of sp³-hybridized carbons (Fsp3) is 0.556. The van der Waals surface area contributed by atoms with Crippen molar-refractivity contribution in [1.82, 2.24) is 9.80 Å². The minimum absolute atomic E-state index is 0.0705. The maximum Gasteiger partial charge on any atom is 0.225 e. The highest BCUT2D eigenvalue weighted by molar-refractivity contribution is 5.80. The van der Waals surface area contributed by atoms with Crippen molar-refractivity contribution in [2.75, 3.05) is 19.8 Å². The Morgan fingerprint density at radius 1 is 1.21 bits per heavy atom. The van der Waals surface area contributed by atoms with Crippen molar-refractivity contribution in [3.8, 4) is 0 Å². The van der Waals surface area contributed by atoms with Crippen molar-refractivity contribution >= 4 is 11.8 Å². The minimum Gasteiger partial charge on any atom is -0.342 e. The van der Waals surface area contributed by atoms with Crippen LogP contribution in [0.1, 0.15) is 37.7 Å². The molecular weight excluding hydrogens is 314 g/mol. The van der Waals surface area contributed by atoms with E-state index in [4.69, 9.17) is 0 Å². The SMILES string of the molecule is O=C(CCF)N1CCC2(CCC(=O)N2Cc2cccc(F)c2)CC1. The first-order valence-electron chi connectivity index (χ1n) is 8.43. The molecule has 0 aliphatic carbocycles. The van der Waals surface area contributed by atoms with Crippen molar-refractivity contribution in [1.29, 1.82) is 0 Å². The highest BCUT2D eigenvalue weighted by Gasteiger charge is 2.47. The summed E-state index contributed by atoms with van der Waals surface area (Å²) < 4.78 is 25.8. The van der Waals surface area contributed by atoms with E-state index in [-0.39, 0.29) is 29.6 Å². The average molecular weight is 336 g/mol. The lowest BCUT2D eigenvalue weighted by Crippen LogP contribution is -2.53. The number of piperidine rings is 1. The molecule has 0 atom stereocenters. The second-order valence-corrected chi connectivity index (χ2v) is 6.65. The van der Waals surface area contributed by atoms with Crippen LogP contribution in [0.4, 0.5) is 8.78 Å². The first kappa shape index (κ1) is 16.9. The van der Waals surface area contributed by atoms with Gasteiger partial charge in [0.1, 0.15) is 5.82 Å². The van der Waals surface area contributed by atoms with Gasteiger partial charge in [0.15, 0.2) is 0 Å². The van der Waals surface area contributed by atoms with E-state index < -0.39 is 6.67 Å². The molecule has 4 nitrogen and oxygen atoms in total. The molecule has 0 bridgehead atoms. The summed E-state index contributed by atoms with van der Waals surface area (Å²) in [5.41, 5.74) is 0.524. The summed E-state index contributed by atoms with van der Waals surface area (Å²) in [4.78, 5) is 27.7. The normalized spacial score (nSPS) is 20.0. The van der Waals surface area contributed by atoms with Crippen LogP contribution in [-0.4, -0.2) is 46.9 Å². The van der Waals surface area contributed by atoms with Crippen molar-refractivity contribution in [3.63, 3.8) is 0 Å². The molecule has 0 aromatic heterocycles. The number of carbonyl (C=O) groups excluding carboxylic acids is 2. The van der Waals surface area contributed by atoms with E-state index in [1.54, 1.807) is 11.0 Å². The van der Waals surface area contributed by atoms with Gasteiger partial charge in [-0.15, -0.1) is 0 Å². The second-order valence-electron chi connectivity index (χ2n) is 6.65. The third kappa shape index (κ3) is 3.28. The molecule has 24 heavy (non-hydrogen) atoms. The maximum absolute atomic E-state index is 13.4. The first-order chi connectivity index (χ1) is 11.5. The van der Waals surface area contributed by atoms with Gasteiger partial charge >= 0.3 is 0 Å². The van der Waals surface area contributed by atoms with E-state index in [2.05, 4.69) is 0 Å². The van der Waals surface area contributed by atoms with Crippen molar-refractivity contribution < 1.29 is 18.4 Å². The number of hydrogen-bond acceptors (Lipinski definition) is 2. The zero-order valence-corrected chi connectivity index (χ0v) is 13.6. The third-order valence-corrected chi connectivity index (χ3v) is 5.26. The van der Waals surface area contributed by atoms with Gasteiger partial charge in [-0.25, -0.2) is 4.39 Å². The zero-order valence-electron chi connectivity index (χ0n) is 13.6. The Hall–Kier alpha value is -1.98. The van der Waals surface area contributed by atoms with E-state index in [0.717, 1.165) is 12.0 Å². The van der Waals surface area contributed by atoms with E-state index in [1.165, 1.54) is 12.1 Å². The summed E-state index contributed by atoms with van der Waals surface area (Å²) in [5.74, 6) is -0.379. The third-order valence-electron chi connectivity index (χ3n) is 5.26. The molecule has 2 aliphatic heterocycles. The number of alkyl halides is 1. The Morgan fingerprint density at radius 3 is 2.62 bits per heavy atom. The molecule has 130 valence electrons. The molecule has 2 aliphatic rings. The van der Waals surface area contributed by atoms with E-state index in [9.17, 15) is 18.4 Å². The topological polar surface area (TPSA) is 40.6 Å². The lowest BCUT2D eigenvalue weighted by atomic mass is 9.84. The molecule has 2 fully saturated rings. The van der Waals surface area contributed by atoms with Gasteiger partial charge < -0.3 is 9.80 Å². The maximum atomic E-state index is 13.4. The van der Waals surface area contributed by atoms with Crippen molar-refractivity contribution in [2.45, 2.75) is 44.2 Å². The van der Waals surface area contributed by atoms with Crippen LogP contribution < -0.4 is 0 Å². The predicted molar refractivity (Wildman–Crippen MR) is 85.3 cm³/mol. The largest absolute Gasteiger partial charge is 0.342 e. The highest BCUT2D eigenvalue weighted by atomic mass is 19.1. The van der Waals surface area contributed by atoms with Gasteiger partial charge in [-0.3, -0.25) is 14.0 Å². The standard InChI is InChI=1S/C18H22F2N2O2/c19-9-5-16(23)21-10-7-18(8-11-21)6-4-17(24)22(18)13-14-2-1-3-15(20)12-14/h1-3,12H,4-11,13H2. The molecule has 2 amide bonds. The van der Waals surface area contributed by atoms with Gasteiger partial charge in [-0.2, -0.15) is 0 Å². The highest BCUT2D eigenvalue weighted by Crippen LogP contribution is 2.40. The molecule has 1 aromatic rings. The number of rotatable bonds is 4. The van der Waals surface area contributed by atoms with Crippen molar-refractivity contribution in [2.24, 2.45) is 0 Å². The van der Waals surface area contributed by atoms with Crippen LogP contribution in [0, 0.1) is 5.82 Å². The van der Waals surface area contributed by atoms with Crippen LogP contribution in [0.25, 0.3) is 0 Å². The Labute approximate surface area is 140 Å². The number of amides is 2. The lowest BCUT2D eigenvalue weighted by molar-refractivity contribution is -0.137. The molecule has 0 radical (unpaired) electrons. The quantitative estimate of drug-likeness (QED) is 0.848. The second kappa shape index (κ2) is 6.87. The first-order valence-corrected chi connectivity index (χ1v) is 8.43. The number of halogens is 2. The summed E-state index contributed by atoms with van der Waals surface area (Å²) in [5, 5.41) is 0. The number of likely N-dealkylation sites (tertiary alicyclic amines) is 2. The van der Waals surface area contributed by atoms with Crippen LogP contribution in [0.15, 0.2) is 24.3 Å². The van der Waals surface area contributed by atoms with Gasteiger partial charge in [-0.1, -0.05) is 12.1 Å². The van der Waals surface area contributed by atoms with E-state index in [1.807, 2.05) is 11.0 Å². The lowest BCUT2D eigenvalue weighted by Gasteiger charge is -2.45. The van der Waals surface area contributed by atoms with Gasteiger partial charge in [0.25, 0.3) is 0 Å². The van der Waals surface area contributed by atoms with Gasteiger partial charge in [-0.05, 0) is 37.0 Å². The van der Waals surface area contributed by atoms with E-state index >= 15 is 0 Å². The summed E-state index contributed by atoms with van der Waals surface area (Å²) in [6.45, 7) is 0.858. The summed E-state index contributed by atoms with van der Waals surface area (Å²) in [6, 6.07) is 6.32. The predicted octanol–water partition coefficient (Wildman–Crippen LogP) is 2.67. The molecule has 6 heteroatoms. The van der Waals surface area contributed by atoms with Crippen molar-refractivity contribution in [3.05, 3.63) is 35.6 Å². The number of benzene rings is 1. The van der Waals surface area contributed by atoms with Crippen LogP contribution in [-0.2, 0) is 16.1 Å². The van der Waals surface area contributed by atoms with Crippen LogP contribution in [0.3, 0.4) is 0 Å². The smallest absolute Gasteiger partial charge is 0.225 e. The molecular formula is C18H22F2N2O2. The molecule has 1 spiro atoms. The summed E-state index contributed by atoms with van der Waals surface area (Å²) in [6.07, 6.45) is 2.59. The number of nitrogens with zero attached hydrogens (tertiary/aromatic N) is 2. The molecule has 0 N–H and O–H groups in total. The number of hydrogen-bond donors (Lipinski definition) is 0. The summed E-state index contributed by atoms with van der Waals surface area (Å²) in [7, 11) is 0. The molecule has 2 saturated heterocycles. The fourth-order valence-electron chi connectivity index (χ4n) is 3.88. The molecule has 2 heterocycles. The number of carbonyl (C=O) groups is 2. The van der Waals surface area contributed by atoms with Gasteiger partial charge in [0, 0.05) is 31.6 Å². The molecule has 0 unspecified atom stereocenters. The van der Waals surface area contributed by atoms with Gasteiger partial charge in [0.05, 0.1) is 13.1 Å². The average Bonchev–Trinajstić information content (AvgIpc) is 2.85. The van der Waals surface area contributed by atoms with Crippen LogP contribution >= 0.6 is 0 Å². The Morgan fingerprint density at radius 2 is 1.96 bits per heavy atom. The van der Waals surface area contributed by atoms with Crippen LogP contribution in [0.2, 0.25) is 0 Å². The Bertz CT molecular complexity index is 627. The van der Waals surface area contributed by atoms with Gasteiger partial charge in [0.2, 0.25) is 11.8 Å². The minimum atomic E-state index is -0.634. The Kier molecular flexibility index (Phi) is 4.83. The summed E-state index contributed by atoms with van der Waals surface area (Å²) >= 11 is 0. The molecule has 0 saturated carbocycles. The monoisotopic (exact) mass is 336 g/mol.